The molecule has 1 rings (SSSR count). The van der Waals surface area contributed by atoms with Crippen LogP contribution in [0, 0.1) is 0 Å². The number of hydrogen-bond donors (Lipinski definition) is 1. The summed E-state index contributed by atoms with van der Waals surface area (Å²) in [6.07, 6.45) is 1.71. The summed E-state index contributed by atoms with van der Waals surface area (Å²) in [4.78, 5) is 10.8. The van der Waals surface area contributed by atoms with Crippen LogP contribution in [-0.4, -0.2) is 30.6 Å². The van der Waals surface area contributed by atoms with Gasteiger partial charge in [-0.05, 0) is 33.7 Å². The van der Waals surface area contributed by atoms with Gasteiger partial charge in [-0.3, -0.25) is 0 Å². The fourth-order valence-electron chi connectivity index (χ4n) is 1.51. The Morgan fingerprint density at radius 1 is 1.50 bits per heavy atom. The second-order valence-electron chi connectivity index (χ2n) is 4.32. The van der Waals surface area contributed by atoms with Gasteiger partial charge in [0, 0.05) is 6.54 Å². The largest absolute Gasteiger partial charge is 0.361 e. The van der Waals surface area contributed by atoms with Crippen LogP contribution in [0.4, 0.5) is 0 Å². The summed E-state index contributed by atoms with van der Waals surface area (Å²) in [5, 5.41) is 3.13. The Kier molecular flexibility index (Phi) is 2.54. The minimum atomic E-state index is -0.571. The lowest BCUT2D eigenvalue weighted by molar-refractivity contribution is -0.148. The quantitative estimate of drug-likeness (QED) is 0.622. The zero-order chi connectivity index (χ0) is 9.24. The van der Waals surface area contributed by atoms with Gasteiger partial charge in [0.05, 0.1) is 5.60 Å². The van der Waals surface area contributed by atoms with E-state index < -0.39 is 5.60 Å². The second kappa shape index (κ2) is 3.15. The molecule has 70 valence electrons. The van der Waals surface area contributed by atoms with Crippen molar-refractivity contribution in [1.82, 2.24) is 5.32 Å². The molecule has 1 fully saturated rings. The van der Waals surface area contributed by atoms with Crippen LogP contribution in [0.25, 0.3) is 0 Å². The number of rotatable bonds is 2. The lowest BCUT2D eigenvalue weighted by atomic mass is 10.0. The molecule has 0 bridgehead atoms. The van der Waals surface area contributed by atoms with Crippen LogP contribution >= 0.6 is 0 Å². The molecule has 0 aromatic carbocycles. The predicted molar refractivity (Wildman–Crippen MR) is 47.1 cm³/mol. The van der Waals surface area contributed by atoms with Gasteiger partial charge in [-0.25, -0.2) is 0 Å². The van der Waals surface area contributed by atoms with Crippen molar-refractivity contribution in [2.75, 3.05) is 13.1 Å². The Labute approximate surface area is 73.5 Å². The van der Waals surface area contributed by atoms with E-state index in [4.69, 9.17) is 4.74 Å². The Balaban J connectivity index is 2.62. The SMILES string of the molecule is CC(C)(C)OC1(C=O)CCNC1. The summed E-state index contributed by atoms with van der Waals surface area (Å²) in [5.74, 6) is 0. The van der Waals surface area contributed by atoms with E-state index in [0.717, 1.165) is 19.3 Å². The average molecular weight is 171 g/mol. The van der Waals surface area contributed by atoms with E-state index in [1.165, 1.54) is 0 Å². The van der Waals surface area contributed by atoms with Crippen molar-refractivity contribution in [2.45, 2.75) is 38.4 Å². The lowest BCUT2D eigenvalue weighted by Gasteiger charge is -2.31. The molecule has 0 saturated carbocycles. The van der Waals surface area contributed by atoms with Crippen LogP contribution < -0.4 is 5.32 Å². The van der Waals surface area contributed by atoms with Crippen molar-refractivity contribution in [1.29, 1.82) is 0 Å². The van der Waals surface area contributed by atoms with Gasteiger partial charge in [-0.2, -0.15) is 0 Å². The van der Waals surface area contributed by atoms with E-state index in [1.54, 1.807) is 0 Å². The first kappa shape index (κ1) is 9.68. The molecule has 1 saturated heterocycles. The van der Waals surface area contributed by atoms with Gasteiger partial charge >= 0.3 is 0 Å². The number of ether oxygens (including phenoxy) is 1. The molecule has 1 aliphatic rings. The minimum Gasteiger partial charge on any atom is -0.361 e. The maximum atomic E-state index is 10.8. The topological polar surface area (TPSA) is 38.3 Å². The van der Waals surface area contributed by atoms with Crippen molar-refractivity contribution < 1.29 is 9.53 Å². The van der Waals surface area contributed by atoms with Crippen molar-refractivity contribution in [3.05, 3.63) is 0 Å². The van der Waals surface area contributed by atoms with Crippen LogP contribution in [0.2, 0.25) is 0 Å². The lowest BCUT2D eigenvalue weighted by Crippen LogP contribution is -2.43. The number of carbonyl (C=O) groups excluding carboxylic acids is 1. The summed E-state index contributed by atoms with van der Waals surface area (Å²) < 4.78 is 5.70. The summed E-state index contributed by atoms with van der Waals surface area (Å²) in [6.45, 7) is 7.42. The number of aldehydes is 1. The summed E-state index contributed by atoms with van der Waals surface area (Å²) in [6, 6.07) is 0. The zero-order valence-corrected chi connectivity index (χ0v) is 8.02. The molecule has 3 nitrogen and oxygen atoms in total. The van der Waals surface area contributed by atoms with Crippen LogP contribution in [-0.2, 0) is 9.53 Å². The number of carbonyl (C=O) groups is 1. The first-order valence-electron chi connectivity index (χ1n) is 4.35. The van der Waals surface area contributed by atoms with E-state index in [9.17, 15) is 4.79 Å². The highest BCUT2D eigenvalue weighted by atomic mass is 16.5. The molecule has 0 aromatic heterocycles. The number of nitrogens with one attached hydrogen (secondary N) is 1. The first-order chi connectivity index (χ1) is 5.47. The molecule has 3 heteroatoms. The van der Waals surface area contributed by atoms with Gasteiger partial charge in [0.15, 0.2) is 6.29 Å². The third-order valence-corrected chi connectivity index (χ3v) is 1.87. The zero-order valence-electron chi connectivity index (χ0n) is 8.02. The Bertz CT molecular complexity index is 166. The van der Waals surface area contributed by atoms with Crippen molar-refractivity contribution >= 4 is 6.29 Å². The van der Waals surface area contributed by atoms with Gasteiger partial charge in [-0.1, -0.05) is 0 Å². The maximum absolute atomic E-state index is 10.8. The van der Waals surface area contributed by atoms with E-state index in [1.807, 2.05) is 20.8 Å². The molecule has 0 spiro atoms. The third kappa shape index (κ3) is 2.29. The number of hydrogen-bond acceptors (Lipinski definition) is 3. The molecular formula is C9H17NO2. The fraction of sp³-hybridized carbons (Fsp3) is 0.889. The summed E-state index contributed by atoms with van der Waals surface area (Å²) in [7, 11) is 0. The smallest absolute Gasteiger partial charge is 0.153 e. The summed E-state index contributed by atoms with van der Waals surface area (Å²) >= 11 is 0. The molecule has 1 atom stereocenters. The molecular weight excluding hydrogens is 154 g/mol. The van der Waals surface area contributed by atoms with E-state index in [-0.39, 0.29) is 5.60 Å². The highest BCUT2D eigenvalue weighted by Crippen LogP contribution is 2.23. The maximum Gasteiger partial charge on any atom is 0.153 e. The minimum absolute atomic E-state index is 0.243. The third-order valence-electron chi connectivity index (χ3n) is 1.87. The second-order valence-corrected chi connectivity index (χ2v) is 4.32. The van der Waals surface area contributed by atoms with Gasteiger partial charge in [-0.15, -0.1) is 0 Å². The molecule has 0 amide bonds. The Morgan fingerprint density at radius 3 is 2.50 bits per heavy atom. The van der Waals surface area contributed by atoms with E-state index in [0.29, 0.717) is 6.54 Å². The molecule has 0 aliphatic carbocycles. The fourth-order valence-corrected chi connectivity index (χ4v) is 1.51. The van der Waals surface area contributed by atoms with Gasteiger partial charge in [0.25, 0.3) is 0 Å². The van der Waals surface area contributed by atoms with E-state index >= 15 is 0 Å². The van der Waals surface area contributed by atoms with Gasteiger partial charge < -0.3 is 14.8 Å². The van der Waals surface area contributed by atoms with E-state index in [2.05, 4.69) is 5.32 Å². The standard InChI is InChI=1S/C9H17NO2/c1-8(2,3)12-9(7-11)4-5-10-6-9/h7,10H,4-6H2,1-3H3. The highest BCUT2D eigenvalue weighted by Gasteiger charge is 2.38. The van der Waals surface area contributed by atoms with Gasteiger partial charge in [0.1, 0.15) is 5.60 Å². The molecule has 0 aromatic rings. The van der Waals surface area contributed by atoms with Crippen LogP contribution in [0.5, 0.6) is 0 Å². The monoisotopic (exact) mass is 171 g/mol. The molecule has 1 aliphatic heterocycles. The Morgan fingerprint density at radius 2 is 2.17 bits per heavy atom. The van der Waals surface area contributed by atoms with Crippen molar-refractivity contribution in [2.24, 2.45) is 0 Å². The van der Waals surface area contributed by atoms with Crippen LogP contribution in [0.1, 0.15) is 27.2 Å². The molecule has 1 unspecified atom stereocenters. The van der Waals surface area contributed by atoms with Crippen molar-refractivity contribution in [3.63, 3.8) is 0 Å². The molecule has 0 radical (unpaired) electrons. The normalized spacial score (nSPS) is 30.6. The average Bonchev–Trinajstić information content (AvgIpc) is 2.34. The first-order valence-corrected chi connectivity index (χ1v) is 4.35. The summed E-state index contributed by atoms with van der Waals surface area (Å²) in [5.41, 5.74) is -0.814. The predicted octanol–water partition coefficient (Wildman–Crippen LogP) is 0.732. The molecule has 1 N–H and O–H groups in total. The van der Waals surface area contributed by atoms with Crippen molar-refractivity contribution in [3.8, 4) is 0 Å². The molecule has 1 heterocycles. The highest BCUT2D eigenvalue weighted by molar-refractivity contribution is 5.63. The van der Waals surface area contributed by atoms with Gasteiger partial charge in [0.2, 0.25) is 0 Å². The Hall–Kier alpha value is -0.410. The van der Waals surface area contributed by atoms with Crippen LogP contribution in [0.15, 0.2) is 0 Å². The van der Waals surface area contributed by atoms with Crippen LogP contribution in [0.3, 0.4) is 0 Å². The molecule has 12 heavy (non-hydrogen) atoms.